The van der Waals surface area contributed by atoms with Crippen LogP contribution in [0.25, 0.3) is 5.65 Å². The lowest BCUT2D eigenvalue weighted by Gasteiger charge is -2.30. The molecule has 2 aromatic heterocycles. The SMILES string of the molecule is O=C(CN1CCC(c2nnc3ccccn23)CC1)Nc1cc(Cl)c(Cl)cc1Cl. The predicted molar refractivity (Wildman–Crippen MR) is 112 cm³/mol. The Hall–Kier alpha value is -1.86. The molecule has 0 saturated carbocycles. The smallest absolute Gasteiger partial charge is 0.238 e. The third kappa shape index (κ3) is 4.10. The minimum Gasteiger partial charge on any atom is -0.324 e. The van der Waals surface area contributed by atoms with E-state index in [1.807, 2.05) is 28.8 Å². The zero-order chi connectivity index (χ0) is 19.7. The second-order valence-corrected chi connectivity index (χ2v) is 8.05. The highest BCUT2D eigenvalue weighted by Gasteiger charge is 2.25. The highest BCUT2D eigenvalue weighted by Crippen LogP contribution is 2.32. The van der Waals surface area contributed by atoms with Gasteiger partial charge in [0.2, 0.25) is 5.91 Å². The Morgan fingerprint density at radius 1 is 1.07 bits per heavy atom. The number of likely N-dealkylation sites (tertiary alicyclic amines) is 1. The Labute approximate surface area is 177 Å². The molecular formula is C19H18Cl3N5O. The van der Waals surface area contributed by atoms with Gasteiger partial charge in [-0.25, -0.2) is 0 Å². The number of benzene rings is 1. The number of carbonyl (C=O) groups excluding carboxylic acids is 1. The molecule has 0 bridgehead atoms. The summed E-state index contributed by atoms with van der Waals surface area (Å²) in [4.78, 5) is 14.5. The maximum absolute atomic E-state index is 12.4. The largest absolute Gasteiger partial charge is 0.324 e. The third-order valence-electron chi connectivity index (χ3n) is 4.94. The molecule has 9 heteroatoms. The van der Waals surface area contributed by atoms with Crippen LogP contribution in [-0.2, 0) is 4.79 Å². The van der Waals surface area contributed by atoms with Crippen molar-refractivity contribution < 1.29 is 4.79 Å². The number of fused-ring (bicyclic) bond motifs is 1. The lowest BCUT2D eigenvalue weighted by molar-refractivity contribution is -0.117. The van der Waals surface area contributed by atoms with Crippen LogP contribution in [0, 0.1) is 0 Å². The van der Waals surface area contributed by atoms with Crippen LogP contribution in [0.4, 0.5) is 5.69 Å². The summed E-state index contributed by atoms with van der Waals surface area (Å²) in [5, 5.41) is 12.5. The molecule has 1 saturated heterocycles. The number of piperidine rings is 1. The molecule has 0 atom stereocenters. The van der Waals surface area contributed by atoms with Crippen molar-refractivity contribution in [1.29, 1.82) is 0 Å². The van der Waals surface area contributed by atoms with Gasteiger partial charge in [-0.1, -0.05) is 40.9 Å². The van der Waals surface area contributed by atoms with Gasteiger partial charge in [0, 0.05) is 12.1 Å². The fourth-order valence-electron chi connectivity index (χ4n) is 3.50. The number of pyridine rings is 1. The first-order chi connectivity index (χ1) is 13.5. The Bertz CT molecular complexity index is 1010. The number of carbonyl (C=O) groups is 1. The molecule has 146 valence electrons. The third-order valence-corrected chi connectivity index (χ3v) is 5.98. The standard InChI is InChI=1S/C19H18Cl3N5O/c20-13-9-15(22)16(10-14(13)21)23-18(28)11-26-7-4-12(5-8-26)19-25-24-17-3-1-2-6-27(17)19/h1-3,6,9-10,12H,4-5,7-8,11H2,(H,23,28). The quantitative estimate of drug-likeness (QED) is 0.609. The number of hydrogen-bond acceptors (Lipinski definition) is 4. The number of rotatable bonds is 4. The minimum absolute atomic E-state index is 0.133. The van der Waals surface area contributed by atoms with Crippen LogP contribution in [-0.4, -0.2) is 45.0 Å². The summed E-state index contributed by atoms with van der Waals surface area (Å²) in [6.07, 6.45) is 3.85. The Morgan fingerprint density at radius 2 is 1.82 bits per heavy atom. The molecule has 3 heterocycles. The number of amides is 1. The number of nitrogens with one attached hydrogen (secondary N) is 1. The average Bonchev–Trinajstić information content (AvgIpc) is 3.11. The summed E-state index contributed by atoms with van der Waals surface area (Å²) in [6, 6.07) is 8.97. The Kier molecular flexibility index (Phi) is 5.73. The van der Waals surface area contributed by atoms with Gasteiger partial charge in [-0.3, -0.25) is 14.1 Å². The molecule has 0 aliphatic carbocycles. The molecule has 1 amide bonds. The molecule has 0 radical (unpaired) electrons. The Morgan fingerprint density at radius 3 is 2.61 bits per heavy atom. The average molecular weight is 439 g/mol. The van der Waals surface area contributed by atoms with Crippen LogP contribution in [0.3, 0.4) is 0 Å². The normalized spacial score (nSPS) is 15.8. The van der Waals surface area contributed by atoms with E-state index in [1.165, 1.54) is 6.07 Å². The van der Waals surface area contributed by atoms with Gasteiger partial charge in [-0.2, -0.15) is 0 Å². The van der Waals surface area contributed by atoms with E-state index >= 15 is 0 Å². The van der Waals surface area contributed by atoms with Gasteiger partial charge < -0.3 is 5.32 Å². The molecule has 1 aliphatic rings. The molecule has 1 aliphatic heterocycles. The van der Waals surface area contributed by atoms with Crippen LogP contribution in [0.1, 0.15) is 24.6 Å². The predicted octanol–water partition coefficient (Wildman–Crippen LogP) is 4.51. The zero-order valence-corrected chi connectivity index (χ0v) is 17.2. The first-order valence-corrected chi connectivity index (χ1v) is 10.1. The van der Waals surface area contributed by atoms with Crippen molar-refractivity contribution in [3.8, 4) is 0 Å². The van der Waals surface area contributed by atoms with Crippen LogP contribution in [0.15, 0.2) is 36.5 Å². The summed E-state index contributed by atoms with van der Waals surface area (Å²) in [5.41, 5.74) is 1.32. The van der Waals surface area contributed by atoms with Gasteiger partial charge in [-0.15, -0.1) is 10.2 Å². The van der Waals surface area contributed by atoms with E-state index in [0.717, 1.165) is 37.4 Å². The van der Waals surface area contributed by atoms with Gasteiger partial charge in [0.05, 0.1) is 27.3 Å². The van der Waals surface area contributed by atoms with E-state index in [0.29, 0.717) is 33.2 Å². The van der Waals surface area contributed by atoms with E-state index in [2.05, 4.69) is 20.4 Å². The van der Waals surface area contributed by atoms with E-state index in [4.69, 9.17) is 34.8 Å². The number of aromatic nitrogens is 3. The number of halogens is 3. The molecule has 3 aromatic rings. The van der Waals surface area contributed by atoms with Crippen LogP contribution in [0.2, 0.25) is 15.1 Å². The van der Waals surface area contributed by atoms with Crippen LogP contribution < -0.4 is 5.32 Å². The molecule has 6 nitrogen and oxygen atoms in total. The molecule has 28 heavy (non-hydrogen) atoms. The summed E-state index contributed by atoms with van der Waals surface area (Å²) in [6.45, 7) is 1.92. The van der Waals surface area contributed by atoms with Gasteiger partial charge >= 0.3 is 0 Å². The van der Waals surface area contributed by atoms with E-state index in [9.17, 15) is 4.79 Å². The van der Waals surface area contributed by atoms with Crippen molar-refractivity contribution in [2.75, 3.05) is 25.0 Å². The van der Waals surface area contributed by atoms with E-state index < -0.39 is 0 Å². The van der Waals surface area contributed by atoms with E-state index in [-0.39, 0.29) is 5.91 Å². The number of nitrogens with zero attached hydrogens (tertiary/aromatic N) is 4. The maximum atomic E-state index is 12.4. The van der Waals surface area contributed by atoms with Crippen LogP contribution in [0.5, 0.6) is 0 Å². The Balaban J connectivity index is 1.34. The highest BCUT2D eigenvalue weighted by molar-refractivity contribution is 6.44. The first kappa shape index (κ1) is 19.5. The number of hydrogen-bond donors (Lipinski definition) is 1. The molecule has 1 N–H and O–H groups in total. The highest BCUT2D eigenvalue weighted by atomic mass is 35.5. The summed E-state index contributed by atoms with van der Waals surface area (Å²) < 4.78 is 2.04. The fraction of sp³-hybridized carbons (Fsp3) is 0.316. The second-order valence-electron chi connectivity index (χ2n) is 6.83. The van der Waals surface area contributed by atoms with Gasteiger partial charge in [-0.05, 0) is 50.2 Å². The van der Waals surface area contributed by atoms with Crippen molar-refractivity contribution in [2.24, 2.45) is 0 Å². The topological polar surface area (TPSA) is 62.5 Å². The summed E-state index contributed by atoms with van der Waals surface area (Å²) in [7, 11) is 0. The van der Waals surface area contributed by atoms with Crippen LogP contribution >= 0.6 is 34.8 Å². The molecule has 4 rings (SSSR count). The lowest BCUT2D eigenvalue weighted by atomic mass is 9.96. The molecule has 0 spiro atoms. The van der Waals surface area contributed by atoms with Crippen molar-refractivity contribution in [3.05, 3.63) is 57.4 Å². The number of anilines is 1. The summed E-state index contributed by atoms with van der Waals surface area (Å²) >= 11 is 18.0. The van der Waals surface area contributed by atoms with Crippen molar-refractivity contribution in [3.63, 3.8) is 0 Å². The van der Waals surface area contributed by atoms with Gasteiger partial charge in [0.25, 0.3) is 0 Å². The van der Waals surface area contributed by atoms with E-state index in [1.54, 1.807) is 6.07 Å². The van der Waals surface area contributed by atoms with Crippen molar-refractivity contribution in [1.82, 2.24) is 19.5 Å². The molecular weight excluding hydrogens is 421 g/mol. The molecule has 0 unspecified atom stereocenters. The maximum Gasteiger partial charge on any atom is 0.238 e. The molecule has 1 fully saturated rings. The lowest BCUT2D eigenvalue weighted by Crippen LogP contribution is -2.39. The molecule has 1 aromatic carbocycles. The second kappa shape index (κ2) is 8.25. The fourth-order valence-corrected chi connectivity index (χ4v) is 4.09. The van der Waals surface area contributed by atoms with Gasteiger partial charge in [0.15, 0.2) is 5.65 Å². The van der Waals surface area contributed by atoms with Gasteiger partial charge in [0.1, 0.15) is 5.82 Å². The minimum atomic E-state index is -0.133. The first-order valence-electron chi connectivity index (χ1n) is 8.97. The van der Waals surface area contributed by atoms with Crippen molar-refractivity contribution >= 4 is 52.0 Å². The van der Waals surface area contributed by atoms with Crippen molar-refractivity contribution in [2.45, 2.75) is 18.8 Å². The summed E-state index contributed by atoms with van der Waals surface area (Å²) in [5.74, 6) is 1.19. The zero-order valence-electron chi connectivity index (χ0n) is 14.9. The monoisotopic (exact) mass is 437 g/mol.